The lowest BCUT2D eigenvalue weighted by Crippen LogP contribution is -2.46. The van der Waals surface area contributed by atoms with Crippen LogP contribution >= 0.6 is 11.3 Å². The molecule has 1 aliphatic rings. The fourth-order valence-corrected chi connectivity index (χ4v) is 3.54. The number of pyridine rings is 1. The van der Waals surface area contributed by atoms with Gasteiger partial charge in [-0.3, -0.25) is 0 Å². The summed E-state index contributed by atoms with van der Waals surface area (Å²) in [5.74, 6) is 1.25. The third kappa shape index (κ3) is 3.64. The van der Waals surface area contributed by atoms with Crippen LogP contribution in [0, 0.1) is 0 Å². The highest BCUT2D eigenvalue weighted by Gasteiger charge is 2.26. The molecule has 6 nitrogen and oxygen atoms in total. The van der Waals surface area contributed by atoms with Crippen LogP contribution in [0.5, 0.6) is 11.5 Å². The first-order valence-corrected chi connectivity index (χ1v) is 8.89. The zero-order chi connectivity index (χ0) is 14.7. The van der Waals surface area contributed by atoms with Crippen LogP contribution in [0.15, 0.2) is 41.4 Å². The molecule has 0 amide bonds. The van der Waals surface area contributed by atoms with Crippen molar-refractivity contribution in [3.63, 3.8) is 0 Å². The SMILES string of the molecule is O=S(=O)(CCC1COc2cscc2O1)O[n+]1ccccc1. The number of fused-ring (bicyclic) bond motifs is 1. The van der Waals surface area contributed by atoms with E-state index < -0.39 is 10.1 Å². The molecule has 0 aliphatic carbocycles. The summed E-state index contributed by atoms with van der Waals surface area (Å²) in [6, 6.07) is 5.15. The maximum atomic E-state index is 11.9. The molecule has 1 unspecified atom stereocenters. The molecule has 0 fully saturated rings. The third-order valence-electron chi connectivity index (χ3n) is 2.89. The van der Waals surface area contributed by atoms with Crippen LogP contribution in [0.1, 0.15) is 6.42 Å². The maximum absolute atomic E-state index is 11.9. The summed E-state index contributed by atoms with van der Waals surface area (Å²) in [6.45, 7) is 0.345. The first-order valence-electron chi connectivity index (χ1n) is 6.37. The minimum Gasteiger partial charge on any atom is -0.485 e. The molecule has 0 radical (unpaired) electrons. The summed E-state index contributed by atoms with van der Waals surface area (Å²) in [5.41, 5.74) is 0. The molecule has 0 saturated carbocycles. The van der Waals surface area contributed by atoms with Gasteiger partial charge in [0.05, 0.1) is 5.75 Å². The Kier molecular flexibility index (Phi) is 3.98. The second kappa shape index (κ2) is 5.90. The Labute approximate surface area is 126 Å². The Morgan fingerprint density at radius 2 is 2.00 bits per heavy atom. The summed E-state index contributed by atoms with van der Waals surface area (Å²) in [5, 5.41) is 3.70. The molecule has 3 rings (SSSR count). The van der Waals surface area contributed by atoms with E-state index in [2.05, 4.69) is 0 Å². The second-order valence-electron chi connectivity index (χ2n) is 4.51. The Bertz CT molecular complexity index is 698. The maximum Gasteiger partial charge on any atom is 0.367 e. The largest absolute Gasteiger partial charge is 0.485 e. The van der Waals surface area contributed by atoms with E-state index in [4.69, 9.17) is 13.8 Å². The van der Waals surface area contributed by atoms with Gasteiger partial charge in [0.25, 0.3) is 0 Å². The summed E-state index contributed by atoms with van der Waals surface area (Å²) in [6.07, 6.45) is 3.07. The molecule has 2 aromatic heterocycles. The van der Waals surface area contributed by atoms with Crippen LogP contribution in [0.3, 0.4) is 0 Å². The van der Waals surface area contributed by atoms with E-state index in [9.17, 15) is 8.42 Å². The van der Waals surface area contributed by atoms with Gasteiger partial charge in [-0.2, -0.15) is 8.42 Å². The van der Waals surface area contributed by atoms with Crippen molar-refractivity contribution in [1.82, 2.24) is 0 Å². The molecule has 0 spiro atoms. The lowest BCUT2D eigenvalue weighted by molar-refractivity contribution is -0.856. The molecule has 8 heteroatoms. The lowest BCUT2D eigenvalue weighted by Gasteiger charge is -2.23. The molecular formula is C13H14NO5S2+. The molecule has 1 atom stereocenters. The smallest absolute Gasteiger partial charge is 0.367 e. The number of aromatic nitrogens is 1. The Hall–Kier alpha value is -1.80. The van der Waals surface area contributed by atoms with Crippen LogP contribution in [-0.2, 0) is 10.1 Å². The third-order valence-corrected chi connectivity index (χ3v) is 4.72. The molecule has 112 valence electrons. The van der Waals surface area contributed by atoms with E-state index in [0.29, 0.717) is 18.8 Å². The summed E-state index contributed by atoms with van der Waals surface area (Å²) < 4.78 is 41.1. The number of hydrogen-bond donors (Lipinski definition) is 0. The van der Waals surface area contributed by atoms with Crippen molar-refractivity contribution < 1.29 is 26.9 Å². The molecule has 0 aromatic carbocycles. The Morgan fingerprint density at radius 1 is 1.24 bits per heavy atom. The topological polar surface area (TPSA) is 65.7 Å². The van der Waals surface area contributed by atoms with Crippen LogP contribution in [-0.4, -0.2) is 26.9 Å². The van der Waals surface area contributed by atoms with E-state index in [1.807, 2.05) is 10.8 Å². The minimum atomic E-state index is -3.67. The predicted molar refractivity (Wildman–Crippen MR) is 75.9 cm³/mol. The fourth-order valence-electron chi connectivity index (χ4n) is 1.88. The number of rotatable bonds is 5. The van der Waals surface area contributed by atoms with Gasteiger partial charge in [-0.05, 0) is 0 Å². The molecule has 2 aromatic rings. The van der Waals surface area contributed by atoms with Crippen molar-refractivity contribution in [2.75, 3.05) is 12.4 Å². The predicted octanol–water partition coefficient (Wildman–Crippen LogP) is 1.02. The monoisotopic (exact) mass is 328 g/mol. The zero-order valence-electron chi connectivity index (χ0n) is 11.0. The van der Waals surface area contributed by atoms with Crippen molar-refractivity contribution in [3.8, 4) is 11.5 Å². The van der Waals surface area contributed by atoms with Gasteiger partial charge in [-0.25, -0.2) is 0 Å². The van der Waals surface area contributed by atoms with Crippen molar-refractivity contribution in [1.29, 1.82) is 0 Å². The molecule has 0 N–H and O–H groups in total. The molecule has 3 heterocycles. The van der Waals surface area contributed by atoms with Crippen molar-refractivity contribution in [3.05, 3.63) is 41.4 Å². The van der Waals surface area contributed by atoms with Gasteiger partial charge < -0.3 is 9.47 Å². The van der Waals surface area contributed by atoms with Gasteiger partial charge >= 0.3 is 10.1 Å². The Morgan fingerprint density at radius 3 is 2.81 bits per heavy atom. The number of nitrogens with zero attached hydrogens (tertiary/aromatic N) is 1. The highest BCUT2D eigenvalue weighted by Crippen LogP contribution is 2.35. The first kappa shape index (κ1) is 14.2. The molecule has 21 heavy (non-hydrogen) atoms. The van der Waals surface area contributed by atoms with Gasteiger partial charge in [-0.1, -0.05) is 6.07 Å². The molecule has 0 bridgehead atoms. The average Bonchev–Trinajstić information content (AvgIpc) is 2.93. The van der Waals surface area contributed by atoms with E-state index >= 15 is 0 Å². The molecular weight excluding hydrogens is 314 g/mol. The molecule has 1 aliphatic heterocycles. The van der Waals surface area contributed by atoms with Gasteiger partial charge in [0.2, 0.25) is 12.4 Å². The zero-order valence-corrected chi connectivity index (χ0v) is 12.7. The van der Waals surface area contributed by atoms with E-state index in [1.54, 1.807) is 18.2 Å². The van der Waals surface area contributed by atoms with E-state index in [0.717, 1.165) is 10.5 Å². The van der Waals surface area contributed by atoms with Gasteiger partial charge in [0, 0.05) is 34.0 Å². The van der Waals surface area contributed by atoms with Crippen molar-refractivity contribution in [2.24, 2.45) is 0 Å². The van der Waals surface area contributed by atoms with Crippen LogP contribution < -0.4 is 18.5 Å². The fraction of sp³-hybridized carbons (Fsp3) is 0.308. The van der Waals surface area contributed by atoms with E-state index in [-0.39, 0.29) is 11.9 Å². The first-order chi connectivity index (χ1) is 10.1. The minimum absolute atomic E-state index is 0.137. The summed E-state index contributed by atoms with van der Waals surface area (Å²) >= 11 is 1.49. The number of ether oxygens (including phenoxy) is 2. The average molecular weight is 328 g/mol. The van der Waals surface area contributed by atoms with E-state index in [1.165, 1.54) is 23.7 Å². The second-order valence-corrected chi connectivity index (χ2v) is 6.93. The number of hydrogen-bond acceptors (Lipinski definition) is 6. The van der Waals surface area contributed by atoms with Crippen molar-refractivity contribution in [2.45, 2.75) is 12.5 Å². The van der Waals surface area contributed by atoms with Crippen LogP contribution in [0.2, 0.25) is 0 Å². The highest BCUT2D eigenvalue weighted by molar-refractivity contribution is 7.86. The van der Waals surface area contributed by atoms with Gasteiger partial charge in [-0.15, -0.1) is 15.6 Å². The molecule has 0 saturated heterocycles. The van der Waals surface area contributed by atoms with Crippen LogP contribution in [0.4, 0.5) is 0 Å². The standard InChI is InChI=1S/C13H14NO5S2/c15-21(16,19-14-5-2-1-3-6-14)7-4-11-8-17-12-9-20-10-13(12)18-11/h1-3,5-6,9-11H,4,7-8H2/q+1. The quantitative estimate of drug-likeness (QED) is 0.767. The van der Waals surface area contributed by atoms with Gasteiger partial charge in [0.15, 0.2) is 11.5 Å². The Balaban J connectivity index is 1.55. The van der Waals surface area contributed by atoms with Crippen molar-refractivity contribution >= 4 is 21.5 Å². The normalized spacial score (nSPS) is 17.4. The lowest BCUT2D eigenvalue weighted by atomic mass is 10.3. The highest BCUT2D eigenvalue weighted by atomic mass is 32.2. The number of thiophene rings is 1. The van der Waals surface area contributed by atoms with Gasteiger partial charge in [0.1, 0.15) is 12.7 Å². The summed E-state index contributed by atoms with van der Waals surface area (Å²) in [7, 11) is -3.67. The van der Waals surface area contributed by atoms with Crippen LogP contribution in [0.25, 0.3) is 0 Å². The summed E-state index contributed by atoms with van der Waals surface area (Å²) in [4.78, 5) is 0.